The van der Waals surface area contributed by atoms with E-state index in [9.17, 15) is 14.9 Å². The molecule has 0 aliphatic rings. The fourth-order valence-electron chi connectivity index (χ4n) is 1.94. The molecule has 0 atom stereocenters. The summed E-state index contributed by atoms with van der Waals surface area (Å²) in [5.41, 5.74) is 3.14. The summed E-state index contributed by atoms with van der Waals surface area (Å²) >= 11 is 3.36. The number of halogens is 1. The third-order valence-corrected chi connectivity index (χ3v) is 3.83. The quantitative estimate of drug-likeness (QED) is 0.450. The largest absolute Gasteiger partial charge is 0.496 e. The van der Waals surface area contributed by atoms with Crippen LogP contribution < -0.4 is 14.9 Å². The summed E-state index contributed by atoms with van der Waals surface area (Å²) in [6.45, 7) is 0. The van der Waals surface area contributed by atoms with Gasteiger partial charge in [0.15, 0.2) is 0 Å². The standard InChI is InChI=1S/C16H14BrN3O5/c1-24-14-8-15(25-2)13(17)7-11(14)9-18-19-16(21)10-3-5-12(6-4-10)20(22)23/h3-9H,1-2H3,(H,19,21)/b18-9-. The van der Waals surface area contributed by atoms with Gasteiger partial charge in [0.1, 0.15) is 11.5 Å². The van der Waals surface area contributed by atoms with E-state index in [0.29, 0.717) is 21.5 Å². The van der Waals surface area contributed by atoms with Crippen LogP contribution in [0.25, 0.3) is 0 Å². The van der Waals surface area contributed by atoms with Crippen LogP contribution in [-0.4, -0.2) is 31.3 Å². The first-order valence-corrected chi connectivity index (χ1v) is 7.75. The zero-order chi connectivity index (χ0) is 18.4. The van der Waals surface area contributed by atoms with E-state index in [1.165, 1.54) is 44.7 Å². The van der Waals surface area contributed by atoms with Crippen molar-refractivity contribution >= 4 is 33.7 Å². The van der Waals surface area contributed by atoms with E-state index in [0.717, 1.165) is 0 Å². The van der Waals surface area contributed by atoms with Crippen LogP contribution >= 0.6 is 15.9 Å². The van der Waals surface area contributed by atoms with Gasteiger partial charge in [0, 0.05) is 29.3 Å². The lowest BCUT2D eigenvalue weighted by Crippen LogP contribution is -2.17. The molecule has 130 valence electrons. The number of nitrogens with one attached hydrogen (secondary N) is 1. The smallest absolute Gasteiger partial charge is 0.271 e. The van der Waals surface area contributed by atoms with E-state index in [1.807, 2.05) is 0 Å². The lowest BCUT2D eigenvalue weighted by molar-refractivity contribution is -0.384. The van der Waals surface area contributed by atoms with Gasteiger partial charge in [-0.1, -0.05) is 0 Å². The van der Waals surface area contributed by atoms with Crippen LogP contribution in [0, 0.1) is 10.1 Å². The number of amides is 1. The number of rotatable bonds is 6. The second-order valence-electron chi connectivity index (χ2n) is 4.73. The molecule has 1 N–H and O–H groups in total. The Balaban J connectivity index is 2.11. The van der Waals surface area contributed by atoms with Crippen LogP contribution in [0.5, 0.6) is 11.5 Å². The SMILES string of the molecule is COc1cc(OC)c(/C=N\NC(=O)c2ccc([N+](=O)[O-])cc2)cc1Br. The Bertz CT molecular complexity index is 821. The number of nitro groups is 1. The van der Waals surface area contributed by atoms with Gasteiger partial charge >= 0.3 is 0 Å². The van der Waals surface area contributed by atoms with Gasteiger partial charge in [-0.3, -0.25) is 14.9 Å². The van der Waals surface area contributed by atoms with E-state index in [2.05, 4.69) is 26.5 Å². The Morgan fingerprint density at radius 3 is 2.40 bits per heavy atom. The van der Waals surface area contributed by atoms with Crippen molar-refractivity contribution < 1.29 is 19.2 Å². The van der Waals surface area contributed by atoms with E-state index in [-0.39, 0.29) is 11.3 Å². The average Bonchev–Trinajstić information content (AvgIpc) is 2.61. The zero-order valence-electron chi connectivity index (χ0n) is 13.4. The minimum atomic E-state index is -0.534. The molecule has 0 fully saturated rings. The molecule has 0 unspecified atom stereocenters. The number of carbonyl (C=O) groups is 1. The topological polar surface area (TPSA) is 103 Å². The summed E-state index contributed by atoms with van der Waals surface area (Å²) in [6, 6.07) is 8.63. The van der Waals surface area contributed by atoms with E-state index in [1.54, 1.807) is 12.1 Å². The summed E-state index contributed by atoms with van der Waals surface area (Å²) < 4.78 is 11.1. The van der Waals surface area contributed by atoms with E-state index >= 15 is 0 Å². The molecule has 0 bridgehead atoms. The predicted octanol–water partition coefficient (Wildman–Crippen LogP) is 3.14. The monoisotopic (exact) mass is 407 g/mol. The molecule has 0 spiro atoms. The van der Waals surface area contributed by atoms with Crippen molar-refractivity contribution in [3.8, 4) is 11.5 Å². The molecule has 0 heterocycles. The summed E-state index contributed by atoms with van der Waals surface area (Å²) in [5, 5.41) is 14.5. The van der Waals surface area contributed by atoms with E-state index in [4.69, 9.17) is 9.47 Å². The number of carbonyl (C=O) groups excluding carboxylic acids is 1. The highest BCUT2D eigenvalue weighted by Gasteiger charge is 2.10. The lowest BCUT2D eigenvalue weighted by Gasteiger charge is -2.09. The zero-order valence-corrected chi connectivity index (χ0v) is 14.9. The fraction of sp³-hybridized carbons (Fsp3) is 0.125. The minimum Gasteiger partial charge on any atom is -0.496 e. The van der Waals surface area contributed by atoms with Gasteiger partial charge in [-0.15, -0.1) is 0 Å². The number of benzene rings is 2. The van der Waals surface area contributed by atoms with Crippen molar-refractivity contribution in [2.24, 2.45) is 5.10 Å². The number of ether oxygens (including phenoxy) is 2. The number of non-ortho nitro benzene ring substituents is 1. The molecule has 0 aliphatic heterocycles. The van der Waals surface area contributed by atoms with Crippen LogP contribution in [-0.2, 0) is 0 Å². The van der Waals surface area contributed by atoms with Crippen molar-refractivity contribution in [3.05, 3.63) is 62.1 Å². The molecule has 0 aromatic heterocycles. The van der Waals surface area contributed by atoms with Gasteiger partial charge in [0.05, 0.1) is 29.8 Å². The molecule has 25 heavy (non-hydrogen) atoms. The van der Waals surface area contributed by atoms with Gasteiger partial charge in [-0.2, -0.15) is 5.10 Å². The maximum absolute atomic E-state index is 12.0. The number of methoxy groups -OCH3 is 2. The van der Waals surface area contributed by atoms with Crippen LogP contribution in [0.4, 0.5) is 5.69 Å². The molecular weight excluding hydrogens is 394 g/mol. The number of nitro benzene ring substituents is 1. The number of hydrogen-bond donors (Lipinski definition) is 1. The molecule has 2 rings (SSSR count). The second kappa shape index (κ2) is 8.25. The average molecular weight is 408 g/mol. The summed E-state index contributed by atoms with van der Waals surface area (Å²) in [7, 11) is 3.05. The van der Waals surface area contributed by atoms with Crippen molar-refractivity contribution in [1.82, 2.24) is 5.43 Å². The van der Waals surface area contributed by atoms with Crippen molar-refractivity contribution in [3.63, 3.8) is 0 Å². The van der Waals surface area contributed by atoms with Gasteiger partial charge in [0.2, 0.25) is 0 Å². The Morgan fingerprint density at radius 2 is 1.84 bits per heavy atom. The van der Waals surface area contributed by atoms with Gasteiger partial charge in [-0.05, 0) is 34.1 Å². The van der Waals surface area contributed by atoms with E-state index < -0.39 is 10.8 Å². The molecule has 0 radical (unpaired) electrons. The fourth-order valence-corrected chi connectivity index (χ4v) is 2.47. The van der Waals surface area contributed by atoms with Gasteiger partial charge < -0.3 is 9.47 Å². The van der Waals surface area contributed by atoms with Crippen LogP contribution in [0.2, 0.25) is 0 Å². The lowest BCUT2D eigenvalue weighted by atomic mass is 10.2. The molecule has 0 aliphatic carbocycles. The Hall–Kier alpha value is -2.94. The highest BCUT2D eigenvalue weighted by molar-refractivity contribution is 9.10. The normalized spacial score (nSPS) is 10.5. The first kappa shape index (κ1) is 18.4. The molecule has 2 aromatic rings. The predicted molar refractivity (Wildman–Crippen MR) is 95.4 cm³/mol. The Kier molecular flexibility index (Phi) is 6.07. The van der Waals surface area contributed by atoms with Crippen molar-refractivity contribution in [2.75, 3.05) is 14.2 Å². The minimum absolute atomic E-state index is 0.0899. The summed E-state index contributed by atoms with van der Waals surface area (Å²) in [6.07, 6.45) is 1.42. The molecule has 0 saturated carbocycles. The van der Waals surface area contributed by atoms with Crippen LogP contribution in [0.3, 0.4) is 0 Å². The third-order valence-electron chi connectivity index (χ3n) is 3.21. The third kappa shape index (κ3) is 4.54. The van der Waals surface area contributed by atoms with Gasteiger partial charge in [-0.25, -0.2) is 5.43 Å². The Labute approximate surface area is 151 Å². The van der Waals surface area contributed by atoms with Gasteiger partial charge in [0.25, 0.3) is 11.6 Å². The number of nitrogens with zero attached hydrogens (tertiary/aromatic N) is 2. The summed E-state index contributed by atoms with van der Waals surface area (Å²) in [4.78, 5) is 22.1. The second-order valence-corrected chi connectivity index (χ2v) is 5.59. The van der Waals surface area contributed by atoms with Crippen molar-refractivity contribution in [2.45, 2.75) is 0 Å². The molecule has 8 nitrogen and oxygen atoms in total. The molecule has 0 saturated heterocycles. The Morgan fingerprint density at radius 1 is 1.20 bits per heavy atom. The highest BCUT2D eigenvalue weighted by Crippen LogP contribution is 2.31. The summed E-state index contributed by atoms with van der Waals surface area (Å²) in [5.74, 6) is 0.634. The van der Waals surface area contributed by atoms with Crippen LogP contribution in [0.1, 0.15) is 15.9 Å². The maximum Gasteiger partial charge on any atom is 0.271 e. The molecule has 2 aromatic carbocycles. The first-order chi connectivity index (χ1) is 12.0. The highest BCUT2D eigenvalue weighted by atomic mass is 79.9. The number of hydrogen-bond acceptors (Lipinski definition) is 6. The first-order valence-electron chi connectivity index (χ1n) is 6.95. The molecule has 9 heteroatoms. The van der Waals surface area contributed by atoms with Crippen LogP contribution in [0.15, 0.2) is 46.0 Å². The maximum atomic E-state index is 12.0. The molecule has 1 amide bonds. The molecular formula is C16H14BrN3O5. The number of hydrazone groups is 1. The van der Waals surface area contributed by atoms with Crippen molar-refractivity contribution in [1.29, 1.82) is 0 Å².